The first kappa shape index (κ1) is 23.2. The molecule has 0 bridgehead atoms. The quantitative estimate of drug-likeness (QED) is 0.246. The summed E-state index contributed by atoms with van der Waals surface area (Å²) in [4.78, 5) is 25.1. The van der Waals surface area contributed by atoms with E-state index in [2.05, 4.69) is 11.5 Å². The molecule has 7 heteroatoms. The fourth-order valence-corrected chi connectivity index (χ4v) is 4.13. The number of hydrogen-bond acceptors (Lipinski definition) is 6. The van der Waals surface area contributed by atoms with Gasteiger partial charge in [0.15, 0.2) is 12.4 Å². The lowest BCUT2D eigenvalue weighted by Gasteiger charge is -2.08. The van der Waals surface area contributed by atoms with Crippen LogP contribution in [0, 0.1) is 0 Å². The highest BCUT2D eigenvalue weighted by atomic mass is 16.6. The van der Waals surface area contributed by atoms with E-state index in [-0.39, 0.29) is 24.8 Å². The number of nitrogens with zero attached hydrogens (tertiary/aromatic N) is 1. The number of Topliss-reactive ketones (excluding diaryl/α,β-unsaturated/α-hetero) is 1. The van der Waals surface area contributed by atoms with Gasteiger partial charge in [0.2, 0.25) is 5.78 Å². The second-order valence-electron chi connectivity index (χ2n) is 8.29. The summed E-state index contributed by atoms with van der Waals surface area (Å²) in [5, 5.41) is 0.967. The first-order valence-corrected chi connectivity index (χ1v) is 11.6. The Morgan fingerprint density at radius 1 is 1.03 bits per heavy atom. The number of rotatable bonds is 8. The van der Waals surface area contributed by atoms with E-state index < -0.39 is 5.97 Å². The van der Waals surface area contributed by atoms with Crippen LogP contribution in [-0.2, 0) is 22.7 Å². The normalized spacial score (nSPS) is 13.5. The van der Waals surface area contributed by atoms with E-state index in [1.165, 1.54) is 0 Å². The number of aromatic nitrogens is 1. The standard InChI is InChI=1S/C29H25NO6/c1-3-30-16-20(24-14-21(33-2)10-12-25(24)30)13-27-29(32)23-11-9-22(15-26(23)36-27)34-18-28(31)35-17-19-7-5-4-6-8-19/h4-16H,3,17-18H2,1-2H3/b27-13+. The lowest BCUT2D eigenvalue weighted by molar-refractivity contribution is -0.147. The Labute approximate surface area is 208 Å². The summed E-state index contributed by atoms with van der Waals surface area (Å²) in [5.74, 6) is 1.06. The molecule has 0 amide bonds. The van der Waals surface area contributed by atoms with Gasteiger partial charge < -0.3 is 23.5 Å². The number of carbonyl (C=O) groups is 2. The van der Waals surface area contributed by atoms with Crippen molar-refractivity contribution < 1.29 is 28.5 Å². The van der Waals surface area contributed by atoms with Crippen LogP contribution in [0.3, 0.4) is 0 Å². The van der Waals surface area contributed by atoms with E-state index in [0.29, 0.717) is 17.1 Å². The fraction of sp³-hybridized carbons (Fsp3) is 0.172. The van der Waals surface area contributed by atoms with Crippen LogP contribution in [0.1, 0.15) is 28.4 Å². The average Bonchev–Trinajstić information content (AvgIpc) is 3.42. The molecule has 4 aromatic rings. The zero-order chi connectivity index (χ0) is 25.1. The molecule has 7 nitrogen and oxygen atoms in total. The maximum absolute atomic E-state index is 13.0. The first-order chi connectivity index (χ1) is 17.6. The Morgan fingerprint density at radius 3 is 2.61 bits per heavy atom. The molecule has 1 aromatic heterocycles. The van der Waals surface area contributed by atoms with Gasteiger partial charge in [-0.25, -0.2) is 4.79 Å². The van der Waals surface area contributed by atoms with Gasteiger partial charge in [-0.05, 0) is 48.9 Å². The molecular weight excluding hydrogens is 458 g/mol. The summed E-state index contributed by atoms with van der Waals surface area (Å²) in [6.07, 6.45) is 3.74. The summed E-state index contributed by atoms with van der Waals surface area (Å²) in [6.45, 7) is 2.78. The third-order valence-electron chi connectivity index (χ3n) is 5.99. The molecule has 36 heavy (non-hydrogen) atoms. The van der Waals surface area contributed by atoms with Crippen LogP contribution in [0.5, 0.6) is 17.2 Å². The third-order valence-corrected chi connectivity index (χ3v) is 5.99. The highest BCUT2D eigenvalue weighted by molar-refractivity contribution is 6.15. The number of esters is 1. The van der Waals surface area contributed by atoms with Gasteiger partial charge in [0.05, 0.1) is 12.7 Å². The molecular formula is C29H25NO6. The highest BCUT2D eigenvalue weighted by Crippen LogP contribution is 2.36. The van der Waals surface area contributed by atoms with Crippen molar-refractivity contribution in [3.05, 3.63) is 95.4 Å². The average molecular weight is 484 g/mol. The van der Waals surface area contributed by atoms with Gasteiger partial charge >= 0.3 is 5.97 Å². The lowest BCUT2D eigenvalue weighted by Crippen LogP contribution is -2.14. The summed E-state index contributed by atoms with van der Waals surface area (Å²) >= 11 is 0. The molecule has 1 aliphatic heterocycles. The van der Waals surface area contributed by atoms with Gasteiger partial charge in [-0.3, -0.25) is 4.79 Å². The van der Waals surface area contributed by atoms with Crippen LogP contribution < -0.4 is 14.2 Å². The van der Waals surface area contributed by atoms with Gasteiger partial charge in [0.1, 0.15) is 23.9 Å². The Hall–Kier alpha value is -4.52. The number of ether oxygens (including phenoxy) is 4. The van der Waals surface area contributed by atoms with Crippen LogP contribution in [0.15, 0.2) is 78.7 Å². The van der Waals surface area contributed by atoms with Gasteiger partial charge in [-0.1, -0.05) is 30.3 Å². The maximum atomic E-state index is 13.0. The molecule has 0 saturated heterocycles. The van der Waals surface area contributed by atoms with Crippen molar-refractivity contribution in [3.8, 4) is 17.2 Å². The number of hydrogen-bond donors (Lipinski definition) is 0. The number of allylic oxidation sites excluding steroid dienone is 1. The number of ketones is 1. The zero-order valence-electron chi connectivity index (χ0n) is 20.0. The van der Waals surface area contributed by atoms with E-state index >= 15 is 0 Å². The molecule has 0 saturated carbocycles. The van der Waals surface area contributed by atoms with Gasteiger partial charge in [-0.15, -0.1) is 0 Å². The number of methoxy groups -OCH3 is 1. The summed E-state index contributed by atoms with van der Waals surface area (Å²) < 4.78 is 24.2. The molecule has 0 radical (unpaired) electrons. The molecule has 0 spiro atoms. The first-order valence-electron chi connectivity index (χ1n) is 11.6. The van der Waals surface area contributed by atoms with E-state index in [4.69, 9.17) is 18.9 Å². The van der Waals surface area contributed by atoms with E-state index in [1.807, 2.05) is 54.7 Å². The molecule has 5 rings (SSSR count). The van der Waals surface area contributed by atoms with E-state index in [1.54, 1.807) is 31.4 Å². The smallest absolute Gasteiger partial charge is 0.344 e. The number of carbonyl (C=O) groups excluding carboxylic acids is 2. The largest absolute Gasteiger partial charge is 0.497 e. The number of benzene rings is 3. The number of aryl methyl sites for hydroxylation is 1. The molecule has 2 heterocycles. The molecule has 0 unspecified atom stereocenters. The van der Waals surface area contributed by atoms with Gasteiger partial charge in [0.25, 0.3) is 0 Å². The molecule has 1 aliphatic rings. The molecule has 182 valence electrons. The molecule has 0 atom stereocenters. The predicted molar refractivity (Wildman–Crippen MR) is 135 cm³/mol. The van der Waals surface area contributed by atoms with Crippen LogP contribution >= 0.6 is 0 Å². The molecule has 0 aliphatic carbocycles. The molecule has 0 fully saturated rings. The van der Waals surface area contributed by atoms with Crippen LogP contribution in [0.2, 0.25) is 0 Å². The SMILES string of the molecule is CCn1cc(/C=C2/Oc3cc(OCC(=O)OCc4ccccc4)ccc3C2=O)c2cc(OC)ccc21. The minimum Gasteiger partial charge on any atom is -0.497 e. The Kier molecular flexibility index (Phi) is 6.45. The highest BCUT2D eigenvalue weighted by Gasteiger charge is 2.28. The van der Waals surface area contributed by atoms with E-state index in [9.17, 15) is 9.59 Å². The van der Waals surface area contributed by atoms with Crippen LogP contribution in [-0.4, -0.2) is 30.0 Å². The minimum absolute atomic E-state index is 0.180. The summed E-state index contributed by atoms with van der Waals surface area (Å²) in [7, 11) is 1.62. The monoisotopic (exact) mass is 483 g/mol. The van der Waals surface area contributed by atoms with Crippen molar-refractivity contribution >= 4 is 28.7 Å². The van der Waals surface area contributed by atoms with Crippen molar-refractivity contribution in [3.63, 3.8) is 0 Å². The third kappa shape index (κ3) is 4.68. The van der Waals surface area contributed by atoms with Crippen molar-refractivity contribution in [1.29, 1.82) is 0 Å². The van der Waals surface area contributed by atoms with Crippen molar-refractivity contribution in [2.75, 3.05) is 13.7 Å². The van der Waals surface area contributed by atoms with Crippen molar-refractivity contribution in [2.24, 2.45) is 0 Å². The topological polar surface area (TPSA) is 76.0 Å². The summed E-state index contributed by atoms with van der Waals surface area (Å²) in [6, 6.07) is 20.2. The Bertz CT molecular complexity index is 1470. The Morgan fingerprint density at radius 2 is 1.83 bits per heavy atom. The molecule has 0 N–H and O–H groups in total. The van der Waals surface area contributed by atoms with Crippen molar-refractivity contribution in [1.82, 2.24) is 4.57 Å². The zero-order valence-corrected chi connectivity index (χ0v) is 20.0. The number of fused-ring (bicyclic) bond motifs is 2. The fourth-order valence-electron chi connectivity index (χ4n) is 4.13. The predicted octanol–water partition coefficient (Wildman–Crippen LogP) is 5.41. The maximum Gasteiger partial charge on any atom is 0.344 e. The lowest BCUT2D eigenvalue weighted by atomic mass is 10.1. The minimum atomic E-state index is -0.486. The van der Waals surface area contributed by atoms with Crippen molar-refractivity contribution in [2.45, 2.75) is 20.1 Å². The van der Waals surface area contributed by atoms with Gasteiger partial charge in [-0.2, -0.15) is 0 Å². The Balaban J connectivity index is 1.29. The second kappa shape index (κ2) is 10.00. The molecule has 3 aromatic carbocycles. The second-order valence-corrected chi connectivity index (χ2v) is 8.29. The van der Waals surface area contributed by atoms with Crippen LogP contribution in [0.25, 0.3) is 17.0 Å². The van der Waals surface area contributed by atoms with Gasteiger partial charge in [0, 0.05) is 35.3 Å². The van der Waals surface area contributed by atoms with Crippen LogP contribution in [0.4, 0.5) is 0 Å². The van der Waals surface area contributed by atoms with E-state index in [0.717, 1.165) is 34.3 Å². The summed E-state index contributed by atoms with van der Waals surface area (Å²) in [5.41, 5.74) is 3.25.